The lowest BCUT2D eigenvalue weighted by molar-refractivity contribution is -0.115. The Labute approximate surface area is 90.8 Å². The fourth-order valence-corrected chi connectivity index (χ4v) is 1.14. The largest absolute Gasteiger partial charge is 0.343 e. The third kappa shape index (κ3) is 3.62. The van der Waals surface area contributed by atoms with Crippen LogP contribution >= 0.6 is 15.9 Å². The highest BCUT2D eigenvalue weighted by atomic mass is 79.9. The van der Waals surface area contributed by atoms with E-state index in [1.165, 1.54) is 0 Å². The van der Waals surface area contributed by atoms with Crippen molar-refractivity contribution in [2.24, 2.45) is 0 Å². The van der Waals surface area contributed by atoms with Crippen LogP contribution in [0.5, 0.6) is 0 Å². The molecule has 1 amide bonds. The lowest BCUT2D eigenvalue weighted by Gasteiger charge is -2.00. The van der Waals surface area contributed by atoms with Crippen LogP contribution in [0.25, 0.3) is 0 Å². The number of hydrogen-bond donors (Lipinski definition) is 1. The first-order chi connectivity index (χ1) is 6.72. The Bertz CT molecular complexity index is 375. The summed E-state index contributed by atoms with van der Waals surface area (Å²) < 4.78 is 1.77. The second-order valence-corrected chi connectivity index (χ2v) is 3.15. The molecule has 1 N–H and O–H groups in total. The van der Waals surface area contributed by atoms with Gasteiger partial charge in [0.2, 0.25) is 0 Å². The van der Waals surface area contributed by atoms with Crippen molar-refractivity contribution in [1.29, 1.82) is 0 Å². The third-order valence-electron chi connectivity index (χ3n) is 1.55. The molecule has 0 saturated heterocycles. The quantitative estimate of drug-likeness (QED) is 0.808. The van der Waals surface area contributed by atoms with Crippen LogP contribution in [0.15, 0.2) is 12.4 Å². The zero-order valence-corrected chi connectivity index (χ0v) is 9.34. The summed E-state index contributed by atoms with van der Waals surface area (Å²) in [5.74, 6) is 2.04. The number of aromatic nitrogens is 2. The highest BCUT2D eigenvalue weighted by Crippen LogP contribution is 1.92. The minimum absolute atomic E-state index is 0.286. The maximum absolute atomic E-state index is 10.9. The van der Waals surface area contributed by atoms with Crippen LogP contribution in [-0.2, 0) is 11.3 Å². The minimum atomic E-state index is -0.286. The van der Waals surface area contributed by atoms with Crippen LogP contribution in [0.1, 0.15) is 5.56 Å². The molecule has 0 radical (unpaired) electrons. The Hall–Kier alpha value is -1.28. The van der Waals surface area contributed by atoms with E-state index >= 15 is 0 Å². The summed E-state index contributed by atoms with van der Waals surface area (Å²) >= 11 is 2.85. The van der Waals surface area contributed by atoms with Gasteiger partial charge in [-0.3, -0.25) is 9.48 Å². The lowest BCUT2D eigenvalue weighted by atomic mass is 10.4. The van der Waals surface area contributed by atoms with E-state index in [0.29, 0.717) is 13.1 Å². The third-order valence-corrected chi connectivity index (χ3v) is 1.75. The van der Waals surface area contributed by atoms with Crippen molar-refractivity contribution >= 4 is 21.8 Å². The van der Waals surface area contributed by atoms with Gasteiger partial charge in [-0.15, -0.1) is 0 Å². The summed E-state index contributed by atoms with van der Waals surface area (Å²) in [7, 11) is 0. The van der Waals surface area contributed by atoms with E-state index in [1.54, 1.807) is 10.9 Å². The summed E-state index contributed by atoms with van der Waals surface area (Å²) in [4.78, 5) is 13.2. The molecule has 0 spiro atoms. The molecule has 0 saturated carbocycles. The van der Waals surface area contributed by atoms with E-state index in [1.807, 2.05) is 13.1 Å². The summed E-state index contributed by atoms with van der Waals surface area (Å²) in [6, 6.07) is 0. The molecule has 0 fully saturated rings. The Morgan fingerprint density at radius 3 is 3.14 bits per heavy atom. The van der Waals surface area contributed by atoms with Gasteiger partial charge in [0.05, 0.1) is 12.7 Å². The zero-order chi connectivity index (χ0) is 10.4. The molecule has 0 aliphatic heterocycles. The molecule has 0 aliphatic carbocycles. The van der Waals surface area contributed by atoms with Gasteiger partial charge < -0.3 is 5.32 Å². The van der Waals surface area contributed by atoms with Crippen molar-refractivity contribution in [3.63, 3.8) is 0 Å². The number of nitrogens with one attached hydrogen (secondary N) is 1. The molecule has 1 heterocycles. The van der Waals surface area contributed by atoms with Crippen LogP contribution in [-0.4, -0.2) is 22.2 Å². The standard InChI is InChI=1S/C9H10BrN3O/c1-8-6-12-13(7-8)5-4-11-9(14)2-3-10/h6-7H,4-5H2,1H3,(H,11,14). The first-order valence-electron chi connectivity index (χ1n) is 4.11. The van der Waals surface area contributed by atoms with Crippen molar-refractivity contribution in [3.05, 3.63) is 18.0 Å². The summed E-state index contributed by atoms with van der Waals surface area (Å²) in [5, 5.41) is 6.72. The monoisotopic (exact) mass is 255 g/mol. The molecule has 0 unspecified atom stereocenters. The molecular formula is C9H10BrN3O. The Kier molecular flexibility index (Phi) is 4.20. The second kappa shape index (κ2) is 5.45. The van der Waals surface area contributed by atoms with Crippen LogP contribution in [0, 0.1) is 17.7 Å². The van der Waals surface area contributed by atoms with E-state index in [2.05, 4.69) is 37.1 Å². The highest BCUT2D eigenvalue weighted by Gasteiger charge is 1.96. The number of carbonyl (C=O) groups excluding carboxylic acids is 1. The Morgan fingerprint density at radius 1 is 1.79 bits per heavy atom. The molecule has 74 valence electrons. The first-order valence-corrected chi connectivity index (χ1v) is 4.90. The number of hydrogen-bond acceptors (Lipinski definition) is 2. The van der Waals surface area contributed by atoms with Crippen molar-refractivity contribution in [2.75, 3.05) is 6.54 Å². The van der Waals surface area contributed by atoms with Gasteiger partial charge in [0.1, 0.15) is 0 Å². The highest BCUT2D eigenvalue weighted by molar-refractivity contribution is 9.12. The van der Waals surface area contributed by atoms with E-state index in [4.69, 9.17) is 0 Å². The number of nitrogens with zero attached hydrogens (tertiary/aromatic N) is 2. The van der Waals surface area contributed by atoms with Gasteiger partial charge in [0.25, 0.3) is 5.91 Å². The molecular weight excluding hydrogens is 246 g/mol. The molecule has 0 aliphatic rings. The second-order valence-electron chi connectivity index (χ2n) is 2.76. The van der Waals surface area contributed by atoms with Crippen molar-refractivity contribution in [1.82, 2.24) is 15.1 Å². The predicted molar refractivity (Wildman–Crippen MR) is 56.7 cm³/mol. The zero-order valence-electron chi connectivity index (χ0n) is 7.75. The van der Waals surface area contributed by atoms with Crippen molar-refractivity contribution in [3.8, 4) is 10.8 Å². The average Bonchev–Trinajstić information content (AvgIpc) is 2.52. The average molecular weight is 256 g/mol. The molecule has 5 heteroatoms. The van der Waals surface area contributed by atoms with Crippen LogP contribution in [0.4, 0.5) is 0 Å². The minimum Gasteiger partial charge on any atom is -0.343 e. The molecule has 14 heavy (non-hydrogen) atoms. The predicted octanol–water partition coefficient (Wildman–Crippen LogP) is 0.664. The summed E-state index contributed by atoms with van der Waals surface area (Å²) in [6.07, 6.45) is 3.70. The van der Waals surface area contributed by atoms with E-state index < -0.39 is 0 Å². The van der Waals surface area contributed by atoms with Gasteiger partial charge >= 0.3 is 0 Å². The Balaban J connectivity index is 2.27. The SMILES string of the molecule is Cc1cnn(CCNC(=O)C#CBr)c1. The van der Waals surface area contributed by atoms with Gasteiger partial charge in [-0.25, -0.2) is 0 Å². The fraction of sp³-hybridized carbons (Fsp3) is 0.333. The lowest BCUT2D eigenvalue weighted by Crippen LogP contribution is -2.25. The van der Waals surface area contributed by atoms with Crippen LogP contribution in [0.3, 0.4) is 0 Å². The maximum Gasteiger partial charge on any atom is 0.296 e. The molecule has 1 rings (SSSR count). The van der Waals surface area contributed by atoms with Crippen LogP contribution in [0.2, 0.25) is 0 Å². The van der Waals surface area contributed by atoms with Gasteiger partial charge in [0, 0.05) is 34.6 Å². The molecule has 0 atom stereocenters. The van der Waals surface area contributed by atoms with Crippen LogP contribution < -0.4 is 5.32 Å². The van der Waals surface area contributed by atoms with Gasteiger partial charge in [-0.05, 0) is 17.3 Å². The molecule has 1 aromatic heterocycles. The first kappa shape index (κ1) is 10.8. The van der Waals surface area contributed by atoms with E-state index in [9.17, 15) is 4.79 Å². The topological polar surface area (TPSA) is 46.9 Å². The molecule has 0 aromatic carbocycles. The van der Waals surface area contributed by atoms with Gasteiger partial charge in [0.15, 0.2) is 0 Å². The van der Waals surface area contributed by atoms with Crippen molar-refractivity contribution < 1.29 is 4.79 Å². The Morgan fingerprint density at radius 2 is 2.57 bits per heavy atom. The number of carbonyl (C=O) groups is 1. The number of amides is 1. The molecule has 4 nitrogen and oxygen atoms in total. The molecule has 1 aromatic rings. The number of halogens is 1. The molecule has 0 bridgehead atoms. The fourth-order valence-electron chi connectivity index (χ4n) is 0.960. The smallest absolute Gasteiger partial charge is 0.296 e. The number of aryl methyl sites for hydroxylation is 1. The van der Waals surface area contributed by atoms with Gasteiger partial charge in [-0.1, -0.05) is 0 Å². The van der Waals surface area contributed by atoms with E-state index in [-0.39, 0.29) is 5.91 Å². The van der Waals surface area contributed by atoms with Gasteiger partial charge in [-0.2, -0.15) is 5.10 Å². The van der Waals surface area contributed by atoms with E-state index in [0.717, 1.165) is 5.56 Å². The van der Waals surface area contributed by atoms with Crippen molar-refractivity contribution in [2.45, 2.75) is 13.5 Å². The maximum atomic E-state index is 10.9. The summed E-state index contributed by atoms with van der Waals surface area (Å²) in [6.45, 7) is 3.16. The summed E-state index contributed by atoms with van der Waals surface area (Å²) in [5.41, 5.74) is 1.11. The normalized spacial score (nSPS) is 9.00. The number of rotatable bonds is 3.